The molecular formula is C7H4F6N2. The van der Waals surface area contributed by atoms with Crippen LogP contribution in [0.2, 0.25) is 0 Å². The van der Waals surface area contributed by atoms with Gasteiger partial charge in [0.1, 0.15) is 5.92 Å². The molecule has 0 bridgehead atoms. The second kappa shape index (κ2) is 4.39. The van der Waals surface area contributed by atoms with E-state index in [1.165, 1.54) is 0 Å². The van der Waals surface area contributed by atoms with E-state index < -0.39 is 30.6 Å². The summed E-state index contributed by atoms with van der Waals surface area (Å²) in [7, 11) is 0. The van der Waals surface area contributed by atoms with Gasteiger partial charge in [-0.1, -0.05) is 0 Å². The molecule has 0 rings (SSSR count). The number of hydrogen-bond acceptors (Lipinski definition) is 2. The highest BCUT2D eigenvalue weighted by Crippen LogP contribution is 2.38. The van der Waals surface area contributed by atoms with Gasteiger partial charge in [0.05, 0.1) is 12.1 Å². The van der Waals surface area contributed by atoms with Crippen molar-refractivity contribution in [1.29, 1.82) is 10.5 Å². The molecule has 0 saturated heterocycles. The van der Waals surface area contributed by atoms with E-state index in [0.29, 0.717) is 0 Å². The Morgan fingerprint density at radius 1 is 1.00 bits per heavy atom. The molecule has 1 unspecified atom stereocenters. The fraction of sp³-hybridized carbons (Fsp3) is 0.714. The molecule has 0 radical (unpaired) electrons. The van der Waals surface area contributed by atoms with Gasteiger partial charge in [-0.25, -0.2) is 13.2 Å². The molecule has 0 saturated carbocycles. The summed E-state index contributed by atoms with van der Waals surface area (Å²) in [6.45, 7) is 0. The number of nitrogens with zero attached hydrogens (tertiary/aromatic N) is 2. The molecule has 1 atom stereocenters. The lowest BCUT2D eigenvalue weighted by Gasteiger charge is -2.22. The van der Waals surface area contributed by atoms with Gasteiger partial charge < -0.3 is 0 Å². The molecule has 0 aromatic heterocycles. The van der Waals surface area contributed by atoms with Crippen LogP contribution >= 0.6 is 0 Å². The van der Waals surface area contributed by atoms with E-state index >= 15 is 0 Å². The number of rotatable bonds is 3. The highest BCUT2D eigenvalue weighted by Gasteiger charge is 2.57. The van der Waals surface area contributed by atoms with Crippen LogP contribution in [0.25, 0.3) is 0 Å². The zero-order valence-electron chi connectivity index (χ0n) is 7.02. The van der Waals surface area contributed by atoms with Crippen molar-refractivity contribution in [2.45, 2.75) is 24.7 Å². The first-order valence-electron chi connectivity index (χ1n) is 3.53. The van der Waals surface area contributed by atoms with Crippen LogP contribution in [0, 0.1) is 28.6 Å². The highest BCUT2D eigenvalue weighted by molar-refractivity contribution is 5.02. The molecule has 0 aliphatic carbocycles. The van der Waals surface area contributed by atoms with Crippen LogP contribution in [0.1, 0.15) is 6.42 Å². The van der Waals surface area contributed by atoms with Crippen LogP contribution in [0.5, 0.6) is 0 Å². The van der Waals surface area contributed by atoms with Crippen molar-refractivity contribution < 1.29 is 26.3 Å². The quantitative estimate of drug-likeness (QED) is 0.699. The normalized spacial score (nSPS) is 14.5. The Labute approximate surface area is 80.7 Å². The second-order valence-corrected chi connectivity index (χ2v) is 2.68. The predicted octanol–water partition coefficient (Wildman–Crippen LogP) is 2.58. The van der Waals surface area contributed by atoms with Crippen molar-refractivity contribution in [2.24, 2.45) is 5.92 Å². The molecule has 84 valence electrons. The largest absolute Gasteiger partial charge is 0.425 e. The van der Waals surface area contributed by atoms with Crippen molar-refractivity contribution in [2.75, 3.05) is 0 Å². The van der Waals surface area contributed by atoms with E-state index in [9.17, 15) is 26.3 Å². The molecule has 0 aliphatic rings. The molecule has 0 aromatic rings. The van der Waals surface area contributed by atoms with Gasteiger partial charge in [0.15, 0.2) is 0 Å². The smallest absolute Gasteiger partial charge is 0.231 e. The third kappa shape index (κ3) is 3.66. The third-order valence-corrected chi connectivity index (χ3v) is 1.45. The lowest BCUT2D eigenvalue weighted by atomic mass is 10.0. The molecule has 0 amide bonds. The Morgan fingerprint density at radius 2 is 1.40 bits per heavy atom. The molecule has 15 heavy (non-hydrogen) atoms. The SMILES string of the molecule is N#CC(C#N)CC(F)(F)C(F)C(F)(F)F. The van der Waals surface area contributed by atoms with Gasteiger partial charge in [0.25, 0.3) is 12.1 Å². The summed E-state index contributed by atoms with van der Waals surface area (Å²) in [5.74, 6) is -6.74. The molecule has 0 fully saturated rings. The van der Waals surface area contributed by atoms with Crippen molar-refractivity contribution in [3.63, 3.8) is 0 Å². The third-order valence-electron chi connectivity index (χ3n) is 1.45. The summed E-state index contributed by atoms with van der Waals surface area (Å²) < 4.78 is 72.1. The average Bonchev–Trinajstić information content (AvgIpc) is 2.11. The van der Waals surface area contributed by atoms with Crippen LogP contribution < -0.4 is 0 Å². The van der Waals surface area contributed by atoms with Gasteiger partial charge >= 0.3 is 6.18 Å². The van der Waals surface area contributed by atoms with Gasteiger partial charge in [0, 0.05) is 6.42 Å². The van der Waals surface area contributed by atoms with Crippen LogP contribution in [0.4, 0.5) is 26.3 Å². The molecule has 0 N–H and O–H groups in total. The first-order chi connectivity index (χ1) is 6.65. The van der Waals surface area contributed by atoms with E-state index in [1.807, 2.05) is 0 Å². The fourth-order valence-corrected chi connectivity index (χ4v) is 0.735. The minimum Gasteiger partial charge on any atom is -0.231 e. The summed E-state index contributed by atoms with van der Waals surface area (Å²) in [5, 5.41) is 16.1. The minimum atomic E-state index is -5.71. The first kappa shape index (κ1) is 13.6. The van der Waals surface area contributed by atoms with E-state index in [-0.39, 0.29) is 0 Å². The second-order valence-electron chi connectivity index (χ2n) is 2.68. The van der Waals surface area contributed by atoms with Crippen LogP contribution in [0.15, 0.2) is 0 Å². The Hall–Kier alpha value is -1.44. The number of hydrogen-bond donors (Lipinski definition) is 0. The minimum absolute atomic E-state index is 1.04. The van der Waals surface area contributed by atoms with Gasteiger partial charge in [0.2, 0.25) is 0 Å². The summed E-state index contributed by atoms with van der Waals surface area (Å²) in [6.07, 6.45) is -11.9. The molecule has 0 aliphatic heterocycles. The standard InChI is InChI=1S/C7H4F6N2/c8-5(7(11,12)13)6(9,10)1-4(2-14)3-15/h4-5H,1H2. The molecular weight excluding hydrogens is 226 g/mol. The van der Waals surface area contributed by atoms with Crippen molar-refractivity contribution in [3.05, 3.63) is 0 Å². The highest BCUT2D eigenvalue weighted by atomic mass is 19.4. The van der Waals surface area contributed by atoms with Crippen molar-refractivity contribution in [3.8, 4) is 12.1 Å². The average molecular weight is 230 g/mol. The molecule has 0 aromatic carbocycles. The molecule has 0 heterocycles. The van der Waals surface area contributed by atoms with E-state index in [4.69, 9.17) is 10.5 Å². The maximum atomic E-state index is 12.5. The monoisotopic (exact) mass is 230 g/mol. The van der Waals surface area contributed by atoms with Gasteiger partial charge in [-0.2, -0.15) is 23.7 Å². The van der Waals surface area contributed by atoms with E-state index in [0.717, 1.165) is 12.1 Å². The maximum Gasteiger partial charge on any atom is 0.425 e. The summed E-state index contributed by atoms with van der Waals surface area (Å²) in [6, 6.07) is 2.08. The zero-order valence-corrected chi connectivity index (χ0v) is 7.02. The molecule has 2 nitrogen and oxygen atoms in total. The van der Waals surface area contributed by atoms with Crippen LogP contribution in [-0.2, 0) is 0 Å². The maximum absolute atomic E-state index is 12.5. The zero-order chi connectivity index (χ0) is 12.3. The lowest BCUT2D eigenvalue weighted by Crippen LogP contribution is -2.42. The molecule has 0 spiro atoms. The van der Waals surface area contributed by atoms with Gasteiger partial charge in [-0.3, -0.25) is 0 Å². The molecule has 8 heteroatoms. The first-order valence-corrected chi connectivity index (χ1v) is 3.53. The van der Waals surface area contributed by atoms with Crippen molar-refractivity contribution >= 4 is 0 Å². The fourth-order valence-electron chi connectivity index (χ4n) is 0.735. The number of halogens is 6. The predicted molar refractivity (Wildman–Crippen MR) is 35.2 cm³/mol. The number of alkyl halides is 6. The van der Waals surface area contributed by atoms with Crippen LogP contribution in [0.3, 0.4) is 0 Å². The topological polar surface area (TPSA) is 47.6 Å². The van der Waals surface area contributed by atoms with Gasteiger partial charge in [-0.05, 0) is 0 Å². The van der Waals surface area contributed by atoms with Gasteiger partial charge in [-0.15, -0.1) is 0 Å². The Kier molecular flexibility index (Phi) is 3.97. The van der Waals surface area contributed by atoms with Crippen LogP contribution in [-0.4, -0.2) is 18.3 Å². The van der Waals surface area contributed by atoms with E-state index in [1.54, 1.807) is 0 Å². The van der Waals surface area contributed by atoms with Crippen molar-refractivity contribution in [1.82, 2.24) is 0 Å². The van der Waals surface area contributed by atoms with E-state index in [2.05, 4.69) is 0 Å². The summed E-state index contributed by atoms with van der Waals surface area (Å²) >= 11 is 0. The Balaban J connectivity index is 4.71. The summed E-state index contributed by atoms with van der Waals surface area (Å²) in [5.41, 5.74) is 0. The number of nitriles is 2. The Morgan fingerprint density at radius 3 is 1.67 bits per heavy atom. The summed E-state index contributed by atoms with van der Waals surface area (Å²) in [4.78, 5) is 0. The Bertz CT molecular complexity index is 282. The lowest BCUT2D eigenvalue weighted by molar-refractivity contribution is -0.246.